The van der Waals surface area contributed by atoms with Gasteiger partial charge in [-0.2, -0.15) is 26.3 Å². The summed E-state index contributed by atoms with van der Waals surface area (Å²) < 4.78 is 86.6. The minimum atomic E-state index is -4.61. The lowest BCUT2D eigenvalue weighted by Gasteiger charge is -2.33. The first kappa shape index (κ1) is 29.7. The number of anilines is 2. The number of hydrogen-bond acceptors (Lipinski definition) is 6. The number of fused-ring (bicyclic) bond motifs is 1. The monoisotopic (exact) mass is 589 g/mol. The molecule has 0 spiro atoms. The van der Waals surface area contributed by atoms with Crippen molar-refractivity contribution in [3.05, 3.63) is 77.7 Å². The molecular formula is C30H29F6N5O. The standard InChI is InChI=1S/C30H29F6N5O/c1-2-42-26(41-15-4-3-5-16-41)18-25-39-24-17-19(27-23(30(34,35)36)7-6-14-37-27)8-13-22(24)28(40-25)38-21-11-9-20(10-12-21)29(31,32)33/h6-14,17,26H,2-5,15-16,18H2,1H3,(H,38,39,40). The number of aromatic nitrogens is 3. The van der Waals surface area contributed by atoms with Crippen molar-refractivity contribution < 1.29 is 31.1 Å². The number of halogens is 6. The Hall–Kier alpha value is -3.77. The first-order valence-electron chi connectivity index (χ1n) is 13.7. The number of likely N-dealkylation sites (tertiary alicyclic amines) is 1. The van der Waals surface area contributed by atoms with E-state index in [1.54, 1.807) is 6.07 Å². The zero-order chi connectivity index (χ0) is 29.9. The SMILES string of the molecule is CCOC(Cc1nc(Nc2ccc(C(F)(F)F)cc2)c2ccc(-c3ncccc3C(F)(F)F)cc2n1)N1CCCCC1. The van der Waals surface area contributed by atoms with Gasteiger partial charge in [-0.25, -0.2) is 9.97 Å². The highest BCUT2D eigenvalue weighted by atomic mass is 19.4. The summed E-state index contributed by atoms with van der Waals surface area (Å²) in [7, 11) is 0. The Morgan fingerprint density at radius 1 is 0.905 bits per heavy atom. The number of nitrogens with zero attached hydrogens (tertiary/aromatic N) is 4. The lowest BCUT2D eigenvalue weighted by atomic mass is 10.0. The minimum absolute atomic E-state index is 0.220. The van der Waals surface area contributed by atoms with Gasteiger partial charge in [-0.05, 0) is 68.3 Å². The van der Waals surface area contributed by atoms with Crippen LogP contribution in [0, 0.1) is 0 Å². The van der Waals surface area contributed by atoms with Crippen molar-refractivity contribution in [1.82, 2.24) is 19.9 Å². The van der Waals surface area contributed by atoms with Crippen LogP contribution in [0.1, 0.15) is 43.1 Å². The topological polar surface area (TPSA) is 63.2 Å². The molecule has 222 valence electrons. The van der Waals surface area contributed by atoms with Crippen LogP contribution < -0.4 is 5.32 Å². The molecule has 2 aromatic carbocycles. The van der Waals surface area contributed by atoms with Crippen LogP contribution in [-0.2, 0) is 23.5 Å². The normalized spacial score (nSPS) is 15.6. The van der Waals surface area contributed by atoms with E-state index in [2.05, 4.69) is 15.2 Å². The quantitative estimate of drug-likeness (QED) is 0.211. The Morgan fingerprint density at radius 2 is 1.64 bits per heavy atom. The van der Waals surface area contributed by atoms with Crippen LogP contribution >= 0.6 is 0 Å². The van der Waals surface area contributed by atoms with Crippen molar-refractivity contribution in [2.45, 2.75) is 51.2 Å². The number of benzene rings is 2. The van der Waals surface area contributed by atoms with E-state index in [4.69, 9.17) is 14.7 Å². The molecular weight excluding hydrogens is 560 g/mol. The second-order valence-electron chi connectivity index (χ2n) is 10.0. The summed E-state index contributed by atoms with van der Waals surface area (Å²) in [5.74, 6) is 0.697. The fourth-order valence-electron chi connectivity index (χ4n) is 5.10. The Balaban J connectivity index is 1.57. The molecule has 6 nitrogen and oxygen atoms in total. The van der Waals surface area contributed by atoms with Gasteiger partial charge in [0, 0.05) is 49.0 Å². The second-order valence-corrected chi connectivity index (χ2v) is 10.0. The third-order valence-electron chi connectivity index (χ3n) is 7.12. The van der Waals surface area contributed by atoms with Crippen LogP contribution in [0.15, 0.2) is 60.8 Å². The van der Waals surface area contributed by atoms with E-state index in [0.29, 0.717) is 41.3 Å². The van der Waals surface area contributed by atoms with Crippen LogP contribution in [0.2, 0.25) is 0 Å². The lowest BCUT2D eigenvalue weighted by molar-refractivity contribution is -0.138. The Kier molecular flexibility index (Phi) is 8.65. The molecule has 42 heavy (non-hydrogen) atoms. The fourth-order valence-corrected chi connectivity index (χ4v) is 5.10. The summed E-state index contributed by atoms with van der Waals surface area (Å²) in [4.78, 5) is 15.6. The first-order valence-corrected chi connectivity index (χ1v) is 13.7. The predicted molar refractivity (Wildman–Crippen MR) is 147 cm³/mol. The van der Waals surface area contributed by atoms with Gasteiger partial charge in [0.05, 0.1) is 22.3 Å². The van der Waals surface area contributed by atoms with E-state index >= 15 is 0 Å². The van der Waals surface area contributed by atoms with E-state index in [9.17, 15) is 26.3 Å². The maximum absolute atomic E-state index is 13.7. The Bertz CT molecular complexity index is 1520. The maximum atomic E-state index is 13.7. The maximum Gasteiger partial charge on any atom is 0.418 e. The summed E-state index contributed by atoms with van der Waals surface area (Å²) in [6.07, 6.45) is -4.57. The first-order chi connectivity index (χ1) is 20.0. The minimum Gasteiger partial charge on any atom is -0.363 e. The Morgan fingerprint density at radius 3 is 2.31 bits per heavy atom. The number of ether oxygens (including phenoxy) is 1. The lowest BCUT2D eigenvalue weighted by Crippen LogP contribution is -2.42. The van der Waals surface area contributed by atoms with E-state index in [1.165, 1.54) is 36.5 Å². The molecule has 0 amide bonds. The molecule has 2 aromatic heterocycles. The van der Waals surface area contributed by atoms with Crippen LogP contribution in [0.5, 0.6) is 0 Å². The number of hydrogen-bond donors (Lipinski definition) is 1. The van der Waals surface area contributed by atoms with Gasteiger partial charge in [0.15, 0.2) is 0 Å². The van der Waals surface area contributed by atoms with Crippen molar-refractivity contribution in [2.24, 2.45) is 0 Å². The molecule has 1 unspecified atom stereocenters. The summed E-state index contributed by atoms with van der Waals surface area (Å²) in [5, 5.41) is 3.56. The summed E-state index contributed by atoms with van der Waals surface area (Å²) in [5.41, 5.74) is -0.951. The van der Waals surface area contributed by atoms with Gasteiger partial charge in [-0.3, -0.25) is 9.88 Å². The molecule has 1 atom stereocenters. The molecule has 1 saturated heterocycles. The van der Waals surface area contributed by atoms with Crippen LogP contribution in [0.25, 0.3) is 22.2 Å². The molecule has 12 heteroatoms. The van der Waals surface area contributed by atoms with Crippen LogP contribution in [-0.4, -0.2) is 45.8 Å². The highest BCUT2D eigenvalue weighted by molar-refractivity contribution is 5.93. The number of piperidine rings is 1. The molecule has 1 aliphatic heterocycles. The third-order valence-corrected chi connectivity index (χ3v) is 7.12. The highest BCUT2D eigenvalue weighted by Crippen LogP contribution is 2.37. The van der Waals surface area contributed by atoms with Gasteiger partial charge in [0.1, 0.15) is 17.9 Å². The summed E-state index contributed by atoms with van der Waals surface area (Å²) in [6, 6.07) is 11.3. The third kappa shape index (κ3) is 6.81. The highest BCUT2D eigenvalue weighted by Gasteiger charge is 2.34. The van der Waals surface area contributed by atoms with Gasteiger partial charge in [-0.15, -0.1) is 0 Å². The average Bonchev–Trinajstić information content (AvgIpc) is 2.96. The van der Waals surface area contributed by atoms with Gasteiger partial charge in [0.2, 0.25) is 0 Å². The van der Waals surface area contributed by atoms with Crippen molar-refractivity contribution in [3.8, 4) is 11.3 Å². The molecule has 5 rings (SSSR count). The molecule has 4 aromatic rings. The van der Waals surface area contributed by atoms with E-state index in [1.807, 2.05) is 6.92 Å². The van der Waals surface area contributed by atoms with E-state index in [0.717, 1.165) is 50.6 Å². The van der Waals surface area contributed by atoms with Crippen molar-refractivity contribution in [3.63, 3.8) is 0 Å². The molecule has 1 fully saturated rings. The Labute approximate surface area is 238 Å². The van der Waals surface area contributed by atoms with E-state index in [-0.39, 0.29) is 17.5 Å². The van der Waals surface area contributed by atoms with E-state index < -0.39 is 23.5 Å². The van der Waals surface area contributed by atoms with Crippen LogP contribution in [0.4, 0.5) is 37.8 Å². The molecule has 3 heterocycles. The van der Waals surface area contributed by atoms with Gasteiger partial charge in [-0.1, -0.05) is 12.5 Å². The molecule has 0 saturated carbocycles. The number of alkyl halides is 6. The molecule has 1 N–H and O–H groups in total. The van der Waals surface area contributed by atoms with Gasteiger partial charge in [0.25, 0.3) is 0 Å². The molecule has 0 aliphatic carbocycles. The number of pyridine rings is 1. The van der Waals surface area contributed by atoms with Crippen molar-refractivity contribution in [1.29, 1.82) is 0 Å². The smallest absolute Gasteiger partial charge is 0.363 e. The predicted octanol–water partition coefficient (Wildman–Crippen LogP) is 7.86. The zero-order valence-corrected chi connectivity index (χ0v) is 22.8. The zero-order valence-electron chi connectivity index (χ0n) is 22.8. The van der Waals surface area contributed by atoms with Crippen LogP contribution in [0.3, 0.4) is 0 Å². The molecule has 1 aliphatic rings. The second kappa shape index (κ2) is 12.2. The number of nitrogens with one attached hydrogen (secondary N) is 1. The fraction of sp³-hybridized carbons (Fsp3) is 0.367. The molecule has 0 bridgehead atoms. The summed E-state index contributed by atoms with van der Waals surface area (Å²) in [6.45, 7) is 4.08. The van der Waals surface area contributed by atoms with Crippen molar-refractivity contribution >= 4 is 22.4 Å². The molecule has 0 radical (unpaired) electrons. The van der Waals surface area contributed by atoms with Gasteiger partial charge >= 0.3 is 12.4 Å². The summed E-state index contributed by atoms with van der Waals surface area (Å²) >= 11 is 0. The van der Waals surface area contributed by atoms with Gasteiger partial charge < -0.3 is 10.1 Å². The van der Waals surface area contributed by atoms with Crippen molar-refractivity contribution in [2.75, 3.05) is 25.0 Å². The largest absolute Gasteiger partial charge is 0.418 e. The number of rotatable bonds is 8. The average molecular weight is 590 g/mol.